The standard InChI is InChI=1S/C18H15Cl2NO2/c19-16-11-6-10-15(17(16)20)9-4-5-12-21-18(22)23-13-14-7-2-1-3-8-14/h1-3,6-8,10-11H,5,12-13H2,(H,21,22). The van der Waals surface area contributed by atoms with Crippen molar-refractivity contribution in [2.45, 2.75) is 13.0 Å². The highest BCUT2D eigenvalue weighted by molar-refractivity contribution is 6.42. The van der Waals surface area contributed by atoms with Crippen molar-refractivity contribution >= 4 is 29.3 Å². The Labute approximate surface area is 145 Å². The Hall–Kier alpha value is -2.15. The molecule has 0 aliphatic rings. The van der Waals surface area contributed by atoms with Crippen LogP contribution in [0.5, 0.6) is 0 Å². The summed E-state index contributed by atoms with van der Waals surface area (Å²) in [6.07, 6.45) is 0.0277. The van der Waals surface area contributed by atoms with Crippen molar-refractivity contribution in [3.63, 3.8) is 0 Å². The van der Waals surface area contributed by atoms with Gasteiger partial charge in [0.15, 0.2) is 0 Å². The monoisotopic (exact) mass is 347 g/mol. The molecule has 0 radical (unpaired) electrons. The predicted molar refractivity (Wildman–Crippen MR) is 92.6 cm³/mol. The molecule has 23 heavy (non-hydrogen) atoms. The summed E-state index contributed by atoms with van der Waals surface area (Å²) in [5.74, 6) is 5.86. The zero-order chi connectivity index (χ0) is 16.5. The van der Waals surface area contributed by atoms with E-state index in [1.807, 2.05) is 30.3 Å². The number of alkyl carbamates (subject to hydrolysis) is 1. The van der Waals surface area contributed by atoms with Crippen molar-refractivity contribution in [1.82, 2.24) is 5.32 Å². The number of carbonyl (C=O) groups is 1. The average molecular weight is 348 g/mol. The van der Waals surface area contributed by atoms with Crippen molar-refractivity contribution in [2.24, 2.45) is 0 Å². The molecular formula is C18H15Cl2NO2. The number of halogens is 2. The van der Waals surface area contributed by atoms with E-state index in [-0.39, 0.29) is 6.61 Å². The first-order chi connectivity index (χ1) is 11.2. The van der Waals surface area contributed by atoms with Gasteiger partial charge in [0.25, 0.3) is 0 Å². The van der Waals surface area contributed by atoms with Crippen LogP contribution in [0.4, 0.5) is 4.79 Å². The average Bonchev–Trinajstić information content (AvgIpc) is 2.57. The predicted octanol–water partition coefficient (Wildman–Crippen LogP) is 4.66. The molecule has 2 aromatic rings. The van der Waals surface area contributed by atoms with Crippen molar-refractivity contribution in [1.29, 1.82) is 0 Å². The molecule has 5 heteroatoms. The Morgan fingerprint density at radius 3 is 2.65 bits per heavy atom. The van der Waals surface area contributed by atoms with E-state index in [4.69, 9.17) is 27.9 Å². The Bertz CT molecular complexity index is 721. The van der Waals surface area contributed by atoms with Gasteiger partial charge in [0.2, 0.25) is 0 Å². The zero-order valence-electron chi connectivity index (χ0n) is 12.3. The van der Waals surface area contributed by atoms with Crippen molar-refractivity contribution in [3.05, 3.63) is 69.7 Å². The van der Waals surface area contributed by atoms with Crippen LogP contribution in [-0.2, 0) is 11.3 Å². The highest BCUT2D eigenvalue weighted by Crippen LogP contribution is 2.24. The van der Waals surface area contributed by atoms with E-state index in [2.05, 4.69) is 17.2 Å². The number of benzene rings is 2. The molecule has 1 amide bonds. The Kier molecular flexibility index (Phi) is 6.80. The van der Waals surface area contributed by atoms with E-state index in [1.54, 1.807) is 18.2 Å². The SMILES string of the molecule is O=C(NCCC#Cc1cccc(Cl)c1Cl)OCc1ccccc1. The van der Waals surface area contributed by atoms with Gasteiger partial charge >= 0.3 is 6.09 Å². The van der Waals surface area contributed by atoms with Crippen LogP contribution in [0.3, 0.4) is 0 Å². The summed E-state index contributed by atoms with van der Waals surface area (Å²) in [5, 5.41) is 3.56. The second-order valence-electron chi connectivity index (χ2n) is 4.64. The molecule has 118 valence electrons. The lowest BCUT2D eigenvalue weighted by molar-refractivity contribution is 0.140. The molecule has 0 spiro atoms. The molecule has 0 saturated carbocycles. The molecule has 0 aliphatic heterocycles. The molecule has 0 aliphatic carbocycles. The molecular weight excluding hydrogens is 333 g/mol. The fourth-order valence-corrected chi connectivity index (χ4v) is 2.11. The van der Waals surface area contributed by atoms with Crippen LogP contribution in [0.2, 0.25) is 10.0 Å². The number of amides is 1. The molecule has 0 bridgehead atoms. The summed E-state index contributed by atoms with van der Waals surface area (Å²) in [4.78, 5) is 11.5. The van der Waals surface area contributed by atoms with Gasteiger partial charge in [0, 0.05) is 18.5 Å². The van der Waals surface area contributed by atoms with Crippen molar-refractivity contribution < 1.29 is 9.53 Å². The second-order valence-corrected chi connectivity index (χ2v) is 5.43. The Balaban J connectivity index is 1.70. The molecule has 0 fully saturated rings. The van der Waals surface area contributed by atoms with Crippen LogP contribution < -0.4 is 5.32 Å². The van der Waals surface area contributed by atoms with Gasteiger partial charge in [-0.25, -0.2) is 4.79 Å². The number of hydrogen-bond acceptors (Lipinski definition) is 2. The van der Waals surface area contributed by atoms with Crippen LogP contribution in [0.1, 0.15) is 17.5 Å². The van der Waals surface area contributed by atoms with Gasteiger partial charge in [0.05, 0.1) is 10.0 Å². The second kappa shape index (κ2) is 9.09. The first-order valence-corrected chi connectivity index (χ1v) is 7.80. The summed E-state index contributed by atoms with van der Waals surface area (Å²) in [5.41, 5.74) is 1.61. The van der Waals surface area contributed by atoms with Gasteiger partial charge in [-0.15, -0.1) is 0 Å². The number of ether oxygens (including phenoxy) is 1. The van der Waals surface area contributed by atoms with E-state index in [0.29, 0.717) is 28.6 Å². The van der Waals surface area contributed by atoms with Crippen molar-refractivity contribution in [2.75, 3.05) is 6.54 Å². The Morgan fingerprint density at radius 2 is 1.87 bits per heavy atom. The minimum Gasteiger partial charge on any atom is -0.445 e. The van der Waals surface area contributed by atoms with Gasteiger partial charge < -0.3 is 10.1 Å². The third kappa shape index (κ3) is 5.86. The molecule has 0 aromatic heterocycles. The van der Waals surface area contributed by atoms with Crippen LogP contribution in [-0.4, -0.2) is 12.6 Å². The van der Waals surface area contributed by atoms with Gasteiger partial charge in [-0.05, 0) is 17.7 Å². The van der Waals surface area contributed by atoms with E-state index >= 15 is 0 Å². The molecule has 0 saturated heterocycles. The normalized spacial score (nSPS) is 9.65. The third-order valence-electron chi connectivity index (χ3n) is 2.91. The molecule has 2 aromatic carbocycles. The largest absolute Gasteiger partial charge is 0.445 e. The highest BCUT2D eigenvalue weighted by atomic mass is 35.5. The molecule has 2 rings (SSSR count). The first kappa shape index (κ1) is 17.2. The van der Waals surface area contributed by atoms with Gasteiger partial charge in [-0.1, -0.05) is 71.4 Å². The summed E-state index contributed by atoms with van der Waals surface area (Å²) in [7, 11) is 0. The minimum atomic E-state index is -0.462. The third-order valence-corrected chi connectivity index (χ3v) is 3.73. The number of carbonyl (C=O) groups excluding carboxylic acids is 1. The lowest BCUT2D eigenvalue weighted by Crippen LogP contribution is -2.24. The highest BCUT2D eigenvalue weighted by Gasteiger charge is 2.02. The van der Waals surface area contributed by atoms with Crippen LogP contribution in [0.25, 0.3) is 0 Å². The molecule has 3 nitrogen and oxygen atoms in total. The summed E-state index contributed by atoms with van der Waals surface area (Å²) in [6.45, 7) is 0.648. The summed E-state index contributed by atoms with van der Waals surface area (Å²) < 4.78 is 5.09. The van der Waals surface area contributed by atoms with E-state index in [0.717, 1.165) is 5.56 Å². The number of rotatable bonds is 4. The number of hydrogen-bond donors (Lipinski definition) is 1. The number of nitrogens with one attached hydrogen (secondary N) is 1. The van der Waals surface area contributed by atoms with E-state index in [1.165, 1.54) is 0 Å². The maximum Gasteiger partial charge on any atom is 0.407 e. The topological polar surface area (TPSA) is 38.3 Å². The van der Waals surface area contributed by atoms with Gasteiger partial charge in [-0.2, -0.15) is 0 Å². The zero-order valence-corrected chi connectivity index (χ0v) is 13.8. The van der Waals surface area contributed by atoms with Gasteiger partial charge in [0.1, 0.15) is 6.61 Å². The van der Waals surface area contributed by atoms with Crippen LogP contribution in [0.15, 0.2) is 48.5 Å². The fraction of sp³-hybridized carbons (Fsp3) is 0.167. The quantitative estimate of drug-likeness (QED) is 0.645. The summed E-state index contributed by atoms with van der Waals surface area (Å²) >= 11 is 11.9. The van der Waals surface area contributed by atoms with E-state index in [9.17, 15) is 4.79 Å². The smallest absolute Gasteiger partial charge is 0.407 e. The van der Waals surface area contributed by atoms with Gasteiger partial charge in [-0.3, -0.25) is 0 Å². The fourth-order valence-electron chi connectivity index (χ4n) is 1.76. The maximum atomic E-state index is 11.5. The van der Waals surface area contributed by atoms with Crippen molar-refractivity contribution in [3.8, 4) is 11.8 Å². The summed E-state index contributed by atoms with van der Waals surface area (Å²) in [6, 6.07) is 14.8. The molecule has 0 atom stereocenters. The van der Waals surface area contributed by atoms with Crippen LogP contribution in [0, 0.1) is 11.8 Å². The van der Waals surface area contributed by atoms with Crippen LogP contribution >= 0.6 is 23.2 Å². The maximum absolute atomic E-state index is 11.5. The lowest BCUT2D eigenvalue weighted by Gasteiger charge is -2.05. The molecule has 0 heterocycles. The first-order valence-electron chi connectivity index (χ1n) is 7.04. The lowest BCUT2D eigenvalue weighted by atomic mass is 10.2. The van der Waals surface area contributed by atoms with E-state index < -0.39 is 6.09 Å². The molecule has 0 unspecified atom stereocenters. The molecule has 1 N–H and O–H groups in total. The minimum absolute atomic E-state index is 0.247. The Morgan fingerprint density at radius 1 is 1.09 bits per heavy atom.